The third-order valence-electron chi connectivity index (χ3n) is 1.11. The van der Waals surface area contributed by atoms with E-state index in [4.69, 9.17) is 0 Å². The zero-order valence-corrected chi connectivity index (χ0v) is 8.52. The fourth-order valence-corrected chi connectivity index (χ4v) is 0.642. The monoisotopic (exact) mass is 248 g/mol. The molecule has 0 N–H and O–H groups in total. The van der Waals surface area contributed by atoms with Crippen molar-refractivity contribution in [2.45, 2.75) is 0 Å². The Kier molecular flexibility index (Phi) is 12.7. The van der Waals surface area contributed by atoms with E-state index < -0.39 is 0 Å². The Morgan fingerprint density at radius 2 is 0.833 bits per heavy atom. The molecule has 0 amide bonds. The molecule has 2 aromatic rings. The molecular formula is C10H10Co2. The molecule has 0 saturated heterocycles. The molecule has 2 radical (unpaired) electrons. The summed E-state index contributed by atoms with van der Waals surface area (Å²) in [5.74, 6) is 0. The molecule has 0 saturated carbocycles. The summed E-state index contributed by atoms with van der Waals surface area (Å²) in [6, 6.07) is 20.0. The van der Waals surface area contributed by atoms with Crippen LogP contribution < -0.4 is 0 Å². The van der Waals surface area contributed by atoms with Gasteiger partial charge >= 0.3 is 16.8 Å². The molecule has 2 aromatic carbocycles. The van der Waals surface area contributed by atoms with E-state index in [1.807, 2.05) is 60.7 Å². The van der Waals surface area contributed by atoms with Crippen molar-refractivity contribution in [2.75, 3.05) is 0 Å². The Balaban J connectivity index is 0. The van der Waals surface area contributed by atoms with Crippen molar-refractivity contribution in [3.05, 3.63) is 60.7 Å². The van der Waals surface area contributed by atoms with Crippen molar-refractivity contribution in [3.8, 4) is 0 Å². The quantitative estimate of drug-likeness (QED) is 0.629. The van der Waals surface area contributed by atoms with Crippen molar-refractivity contribution in [3.63, 3.8) is 0 Å². The van der Waals surface area contributed by atoms with Gasteiger partial charge in [-0.25, -0.2) is 24.3 Å². The van der Waals surface area contributed by atoms with Crippen LogP contribution in [0.2, 0.25) is 0 Å². The van der Waals surface area contributed by atoms with Gasteiger partial charge in [-0.2, -0.15) is 36.4 Å². The van der Waals surface area contributed by atoms with Gasteiger partial charge < -0.3 is 0 Å². The molecule has 0 bridgehead atoms. The molecular weight excluding hydrogens is 238 g/mol. The summed E-state index contributed by atoms with van der Waals surface area (Å²) < 4.78 is 0. The molecule has 0 aliphatic carbocycles. The Hall–Kier alpha value is -0.287. The molecule has 0 aromatic heterocycles. The Morgan fingerprint density at radius 1 is 0.583 bits per heavy atom. The maximum atomic E-state index is 2.00. The summed E-state index contributed by atoms with van der Waals surface area (Å²) in [6.45, 7) is 0. The molecule has 0 unspecified atom stereocenters. The van der Waals surface area contributed by atoms with Crippen molar-refractivity contribution in [1.82, 2.24) is 0 Å². The van der Waals surface area contributed by atoms with E-state index in [2.05, 4.69) is 0 Å². The van der Waals surface area contributed by atoms with Crippen LogP contribution in [0.4, 0.5) is 0 Å². The second-order valence-corrected chi connectivity index (χ2v) is 1.92. The van der Waals surface area contributed by atoms with Crippen LogP contribution in [-0.2, 0) is 33.6 Å². The summed E-state index contributed by atoms with van der Waals surface area (Å²) in [6.07, 6.45) is 0. The third kappa shape index (κ3) is 7.82. The maximum Gasteiger partial charge on any atom is 2.00 e. The topological polar surface area (TPSA) is 0 Å². The van der Waals surface area contributed by atoms with Crippen LogP contribution in [0.25, 0.3) is 0 Å². The van der Waals surface area contributed by atoms with Gasteiger partial charge in [-0.1, -0.05) is 0 Å². The van der Waals surface area contributed by atoms with Crippen LogP contribution in [-0.4, -0.2) is 0 Å². The fraction of sp³-hybridized carbons (Fsp3) is 0. The van der Waals surface area contributed by atoms with Crippen LogP contribution in [0, 0.1) is 0 Å². The van der Waals surface area contributed by atoms with Crippen molar-refractivity contribution in [2.24, 2.45) is 0 Å². The summed E-state index contributed by atoms with van der Waals surface area (Å²) in [7, 11) is 0. The number of rotatable bonds is 0. The molecule has 0 aliphatic heterocycles. The van der Waals surface area contributed by atoms with Gasteiger partial charge in [0.05, 0.1) is 0 Å². The first kappa shape index (κ1) is 14.2. The minimum absolute atomic E-state index is 0. The van der Waals surface area contributed by atoms with Gasteiger partial charge in [-0.15, -0.1) is 0 Å². The summed E-state index contributed by atoms with van der Waals surface area (Å²) >= 11 is 0. The zero-order chi connectivity index (χ0) is 7.07. The van der Waals surface area contributed by atoms with E-state index in [0.29, 0.717) is 0 Å². The minimum atomic E-state index is 0. The van der Waals surface area contributed by atoms with Crippen LogP contribution in [0.5, 0.6) is 0 Å². The third-order valence-corrected chi connectivity index (χ3v) is 1.11. The van der Waals surface area contributed by atoms with Gasteiger partial charge in [-0.3, -0.25) is 0 Å². The van der Waals surface area contributed by atoms with Crippen LogP contribution in [0.1, 0.15) is 0 Å². The number of hydrogen-bond donors (Lipinski definition) is 0. The summed E-state index contributed by atoms with van der Waals surface area (Å²) in [5, 5.41) is 0. The van der Waals surface area contributed by atoms with E-state index in [9.17, 15) is 0 Å². The van der Waals surface area contributed by atoms with Crippen LogP contribution >= 0.6 is 0 Å². The SMILES string of the molecule is [Co+2].[Co].c1cc[cH-]c1.c1cc[cH-]c1. The number of hydrogen-bond acceptors (Lipinski definition) is 0. The molecule has 0 spiro atoms. The molecule has 2 heteroatoms. The standard InChI is InChI=1S/2C5H5.2Co/c2*1-2-4-5-3-1;;/h2*1-5H;;/q2*-1;;+2. The van der Waals surface area contributed by atoms with Crippen molar-refractivity contribution < 1.29 is 33.6 Å². The zero-order valence-electron chi connectivity index (χ0n) is 6.44. The Bertz CT molecular complexity index is 147. The molecule has 0 atom stereocenters. The molecule has 0 nitrogen and oxygen atoms in total. The summed E-state index contributed by atoms with van der Waals surface area (Å²) in [4.78, 5) is 0. The smallest absolute Gasteiger partial charge is 0.214 e. The first-order chi connectivity index (χ1) is 5.00. The van der Waals surface area contributed by atoms with Crippen molar-refractivity contribution >= 4 is 0 Å². The van der Waals surface area contributed by atoms with Gasteiger partial charge in [0.2, 0.25) is 0 Å². The molecule has 0 aliphatic rings. The molecule has 0 fully saturated rings. The van der Waals surface area contributed by atoms with E-state index in [1.165, 1.54) is 0 Å². The summed E-state index contributed by atoms with van der Waals surface area (Å²) in [5.41, 5.74) is 0. The first-order valence-electron chi connectivity index (χ1n) is 3.33. The predicted octanol–water partition coefficient (Wildman–Crippen LogP) is 2.81. The normalized spacial score (nSPS) is 6.67. The average Bonchev–Trinajstić information content (AvgIpc) is 2.67. The van der Waals surface area contributed by atoms with Gasteiger partial charge in [-0.05, 0) is 0 Å². The van der Waals surface area contributed by atoms with Crippen molar-refractivity contribution in [1.29, 1.82) is 0 Å². The van der Waals surface area contributed by atoms with Gasteiger partial charge in [0, 0.05) is 16.8 Å². The molecule has 2 rings (SSSR count). The predicted molar refractivity (Wildman–Crippen MR) is 44.1 cm³/mol. The largest absolute Gasteiger partial charge is 2.00 e. The fourth-order valence-electron chi connectivity index (χ4n) is 0.642. The van der Waals surface area contributed by atoms with Crippen LogP contribution in [0.3, 0.4) is 0 Å². The van der Waals surface area contributed by atoms with E-state index in [-0.39, 0.29) is 33.6 Å². The molecule has 12 heavy (non-hydrogen) atoms. The second-order valence-electron chi connectivity index (χ2n) is 1.92. The van der Waals surface area contributed by atoms with Gasteiger partial charge in [0.25, 0.3) is 0 Å². The van der Waals surface area contributed by atoms with E-state index in [1.54, 1.807) is 0 Å². The second kappa shape index (κ2) is 10.7. The minimum Gasteiger partial charge on any atom is -0.214 e. The van der Waals surface area contributed by atoms with Gasteiger partial charge in [0.1, 0.15) is 0 Å². The average molecular weight is 248 g/mol. The maximum absolute atomic E-state index is 2.00. The Labute approximate surface area is 94.1 Å². The van der Waals surface area contributed by atoms with Gasteiger partial charge in [0.15, 0.2) is 0 Å². The first-order valence-corrected chi connectivity index (χ1v) is 3.33. The van der Waals surface area contributed by atoms with E-state index in [0.717, 1.165) is 0 Å². The van der Waals surface area contributed by atoms with E-state index >= 15 is 0 Å². The van der Waals surface area contributed by atoms with Crippen LogP contribution in [0.15, 0.2) is 60.7 Å². The molecule has 0 heterocycles. The molecule has 68 valence electrons. The Morgan fingerprint density at radius 3 is 0.917 bits per heavy atom.